The zero-order chi connectivity index (χ0) is 13.0. The molecular weight excluding hydrogens is 230 g/mol. The van der Waals surface area contributed by atoms with Gasteiger partial charge in [0.25, 0.3) is 0 Å². The number of likely N-dealkylation sites (tertiary alicyclic amines) is 1. The van der Waals surface area contributed by atoms with Crippen LogP contribution in [0, 0.1) is 0 Å². The Morgan fingerprint density at radius 2 is 2.11 bits per heavy atom. The summed E-state index contributed by atoms with van der Waals surface area (Å²) >= 11 is 0. The maximum Gasteiger partial charge on any atom is 0.234 e. The molecule has 0 spiro atoms. The molecule has 0 bridgehead atoms. The van der Waals surface area contributed by atoms with E-state index in [0.717, 1.165) is 58.7 Å². The van der Waals surface area contributed by atoms with E-state index >= 15 is 0 Å². The number of amides is 1. The van der Waals surface area contributed by atoms with E-state index in [4.69, 9.17) is 10.5 Å². The number of nitrogens with two attached hydrogens (primary N) is 1. The first kappa shape index (κ1) is 13.8. The Kier molecular flexibility index (Phi) is 4.97. The molecule has 0 aromatic heterocycles. The highest BCUT2D eigenvalue weighted by molar-refractivity contribution is 5.80. The summed E-state index contributed by atoms with van der Waals surface area (Å²) in [7, 11) is 0. The van der Waals surface area contributed by atoms with Crippen LogP contribution in [-0.4, -0.2) is 67.2 Å². The fraction of sp³-hybridized carbons (Fsp3) is 0.923. The molecule has 0 radical (unpaired) electrons. The van der Waals surface area contributed by atoms with E-state index in [1.165, 1.54) is 0 Å². The highest BCUT2D eigenvalue weighted by atomic mass is 16.5. The van der Waals surface area contributed by atoms with Crippen molar-refractivity contribution < 1.29 is 9.53 Å². The first-order valence-electron chi connectivity index (χ1n) is 7.07. The third-order valence-corrected chi connectivity index (χ3v) is 4.07. The fourth-order valence-electron chi connectivity index (χ4n) is 2.99. The van der Waals surface area contributed by atoms with Gasteiger partial charge in [-0.25, -0.2) is 0 Å². The van der Waals surface area contributed by atoms with E-state index < -0.39 is 0 Å². The molecule has 18 heavy (non-hydrogen) atoms. The quantitative estimate of drug-likeness (QED) is 0.754. The number of hydrogen-bond donors (Lipinski definition) is 1. The van der Waals surface area contributed by atoms with Gasteiger partial charge in [-0.1, -0.05) is 13.3 Å². The standard InChI is InChI=1S/C13H25N3O2/c1-2-3-4-16-10-11(9-12(16)13(14)17)15-5-7-18-8-6-15/h11-12H,2-10H2,1H3,(H2,14,17)/t11?,12-/m0/s1. The van der Waals surface area contributed by atoms with Gasteiger partial charge in [0.2, 0.25) is 5.91 Å². The Balaban J connectivity index is 1.92. The summed E-state index contributed by atoms with van der Waals surface area (Å²) in [5.41, 5.74) is 5.53. The van der Waals surface area contributed by atoms with Crippen LogP contribution in [0.4, 0.5) is 0 Å². The Morgan fingerprint density at radius 1 is 1.39 bits per heavy atom. The van der Waals surface area contributed by atoms with Crippen LogP contribution in [0.15, 0.2) is 0 Å². The molecular formula is C13H25N3O2. The number of primary amides is 1. The van der Waals surface area contributed by atoms with Crippen LogP contribution in [0.2, 0.25) is 0 Å². The summed E-state index contributed by atoms with van der Waals surface area (Å²) < 4.78 is 5.38. The molecule has 2 saturated heterocycles. The molecule has 2 atom stereocenters. The molecule has 2 aliphatic rings. The molecule has 0 aromatic rings. The van der Waals surface area contributed by atoms with E-state index in [2.05, 4.69) is 16.7 Å². The van der Waals surface area contributed by atoms with E-state index in [9.17, 15) is 4.79 Å². The number of carbonyl (C=O) groups is 1. The van der Waals surface area contributed by atoms with Crippen LogP contribution in [0.3, 0.4) is 0 Å². The zero-order valence-corrected chi connectivity index (χ0v) is 11.3. The third kappa shape index (κ3) is 3.22. The van der Waals surface area contributed by atoms with Crippen LogP contribution in [-0.2, 0) is 9.53 Å². The van der Waals surface area contributed by atoms with Gasteiger partial charge >= 0.3 is 0 Å². The topological polar surface area (TPSA) is 58.8 Å². The average molecular weight is 255 g/mol. The van der Waals surface area contributed by atoms with Gasteiger partial charge in [-0.05, 0) is 19.4 Å². The molecule has 104 valence electrons. The Hall–Kier alpha value is -0.650. The predicted molar refractivity (Wildman–Crippen MR) is 70.3 cm³/mol. The van der Waals surface area contributed by atoms with Crippen molar-refractivity contribution in [2.24, 2.45) is 5.73 Å². The van der Waals surface area contributed by atoms with E-state index in [1.807, 2.05) is 0 Å². The highest BCUT2D eigenvalue weighted by Gasteiger charge is 2.38. The van der Waals surface area contributed by atoms with Crippen molar-refractivity contribution in [3.05, 3.63) is 0 Å². The van der Waals surface area contributed by atoms with E-state index in [-0.39, 0.29) is 11.9 Å². The SMILES string of the molecule is CCCCN1CC(N2CCOCC2)C[C@H]1C(N)=O. The minimum absolute atomic E-state index is 0.0654. The summed E-state index contributed by atoms with van der Waals surface area (Å²) in [6.45, 7) is 7.74. The number of carbonyl (C=O) groups excluding carboxylic acids is 1. The molecule has 2 aliphatic heterocycles. The van der Waals surface area contributed by atoms with Crippen molar-refractivity contribution in [3.63, 3.8) is 0 Å². The molecule has 2 fully saturated rings. The molecule has 2 heterocycles. The van der Waals surface area contributed by atoms with Crippen molar-refractivity contribution in [2.45, 2.75) is 38.3 Å². The maximum atomic E-state index is 11.5. The Labute approximate surface area is 109 Å². The molecule has 0 aromatic carbocycles. The maximum absolute atomic E-state index is 11.5. The normalized spacial score (nSPS) is 30.7. The molecule has 2 N–H and O–H groups in total. The number of ether oxygens (including phenoxy) is 1. The van der Waals surface area contributed by atoms with Crippen molar-refractivity contribution in [3.8, 4) is 0 Å². The zero-order valence-electron chi connectivity index (χ0n) is 11.3. The summed E-state index contributed by atoms with van der Waals surface area (Å²) in [6, 6.07) is 0.410. The highest BCUT2D eigenvalue weighted by Crippen LogP contribution is 2.23. The number of rotatable bonds is 5. The number of unbranched alkanes of at least 4 members (excludes halogenated alkanes) is 1. The largest absolute Gasteiger partial charge is 0.379 e. The molecule has 1 amide bonds. The number of hydrogen-bond acceptors (Lipinski definition) is 4. The van der Waals surface area contributed by atoms with Crippen LogP contribution >= 0.6 is 0 Å². The molecule has 0 aliphatic carbocycles. The molecule has 2 rings (SSSR count). The second-order valence-electron chi connectivity index (χ2n) is 5.30. The van der Waals surface area contributed by atoms with Crippen LogP contribution in [0.5, 0.6) is 0 Å². The van der Waals surface area contributed by atoms with Gasteiger partial charge in [-0.15, -0.1) is 0 Å². The van der Waals surface area contributed by atoms with Crippen molar-refractivity contribution in [1.29, 1.82) is 0 Å². The lowest BCUT2D eigenvalue weighted by molar-refractivity contribution is -0.122. The van der Waals surface area contributed by atoms with Gasteiger partial charge in [0, 0.05) is 25.7 Å². The summed E-state index contributed by atoms with van der Waals surface area (Å²) in [5, 5.41) is 0. The lowest BCUT2D eigenvalue weighted by Gasteiger charge is -2.32. The van der Waals surface area contributed by atoms with Crippen molar-refractivity contribution >= 4 is 5.91 Å². The molecule has 1 unspecified atom stereocenters. The van der Waals surface area contributed by atoms with Gasteiger partial charge < -0.3 is 10.5 Å². The van der Waals surface area contributed by atoms with Crippen molar-refractivity contribution in [1.82, 2.24) is 9.80 Å². The number of nitrogens with zero attached hydrogens (tertiary/aromatic N) is 2. The lowest BCUT2D eigenvalue weighted by atomic mass is 10.1. The monoisotopic (exact) mass is 255 g/mol. The van der Waals surface area contributed by atoms with Gasteiger partial charge in [-0.2, -0.15) is 0 Å². The molecule has 5 heteroatoms. The molecule has 0 saturated carbocycles. The molecule has 5 nitrogen and oxygen atoms in total. The van der Waals surface area contributed by atoms with Crippen molar-refractivity contribution in [2.75, 3.05) is 39.4 Å². The third-order valence-electron chi connectivity index (χ3n) is 4.07. The second kappa shape index (κ2) is 6.50. The average Bonchev–Trinajstić information content (AvgIpc) is 2.81. The minimum Gasteiger partial charge on any atom is -0.379 e. The lowest BCUT2D eigenvalue weighted by Crippen LogP contribution is -2.44. The van der Waals surface area contributed by atoms with Crippen LogP contribution in [0.25, 0.3) is 0 Å². The predicted octanol–water partition coefficient (Wildman–Crippen LogP) is 0.0469. The first-order valence-corrected chi connectivity index (χ1v) is 7.07. The second-order valence-corrected chi connectivity index (χ2v) is 5.30. The van der Waals surface area contributed by atoms with Crippen LogP contribution < -0.4 is 5.73 Å². The first-order chi connectivity index (χ1) is 8.72. The van der Waals surface area contributed by atoms with Gasteiger partial charge in [0.1, 0.15) is 0 Å². The number of morpholine rings is 1. The summed E-state index contributed by atoms with van der Waals surface area (Å²) in [4.78, 5) is 16.3. The Bertz CT molecular complexity index is 279. The fourth-order valence-corrected chi connectivity index (χ4v) is 2.99. The van der Waals surface area contributed by atoms with E-state index in [0.29, 0.717) is 6.04 Å². The summed E-state index contributed by atoms with van der Waals surface area (Å²) in [6.07, 6.45) is 3.18. The van der Waals surface area contributed by atoms with Gasteiger partial charge in [0.15, 0.2) is 0 Å². The van der Waals surface area contributed by atoms with Gasteiger partial charge in [0.05, 0.1) is 19.3 Å². The van der Waals surface area contributed by atoms with Crippen LogP contribution in [0.1, 0.15) is 26.2 Å². The summed E-state index contributed by atoms with van der Waals surface area (Å²) in [5.74, 6) is -0.165. The minimum atomic E-state index is -0.165. The Morgan fingerprint density at radius 3 is 2.72 bits per heavy atom. The smallest absolute Gasteiger partial charge is 0.234 e. The van der Waals surface area contributed by atoms with Gasteiger partial charge in [-0.3, -0.25) is 14.6 Å². The van der Waals surface area contributed by atoms with E-state index in [1.54, 1.807) is 0 Å².